The van der Waals surface area contributed by atoms with E-state index >= 15 is 0 Å². The first-order valence-electron chi connectivity index (χ1n) is 10.3. The molecular weight excluding hydrogens is 499 g/mol. The lowest BCUT2D eigenvalue weighted by Crippen LogP contribution is -2.46. The smallest absolute Gasteiger partial charge is 0.222 e. The third kappa shape index (κ3) is 9.93. The molecule has 1 amide bonds. The molecule has 8 heteroatoms. The molecule has 0 radical (unpaired) electrons. The number of hydrogen-bond acceptors (Lipinski definition) is 3. The van der Waals surface area contributed by atoms with Gasteiger partial charge in [-0.25, -0.2) is 0 Å². The number of nitrogens with one attached hydrogen (secondary N) is 3. The molecule has 0 saturated heterocycles. The number of nitrogens with zero attached hydrogens (tertiary/aromatic N) is 1. The fourth-order valence-electron chi connectivity index (χ4n) is 3.42. The summed E-state index contributed by atoms with van der Waals surface area (Å²) < 4.78 is 12.1. The summed E-state index contributed by atoms with van der Waals surface area (Å²) in [6, 6.07) is 10.2. The van der Waals surface area contributed by atoms with Gasteiger partial charge in [0.2, 0.25) is 5.91 Å². The summed E-state index contributed by atoms with van der Waals surface area (Å²) >= 11 is 0. The number of hydrogen-bond donors (Lipinski definition) is 3. The van der Waals surface area contributed by atoms with Crippen LogP contribution in [0.25, 0.3) is 0 Å². The fourth-order valence-corrected chi connectivity index (χ4v) is 4.77. The van der Waals surface area contributed by atoms with Gasteiger partial charge in [-0.1, -0.05) is 43.7 Å². The Labute approximate surface area is 194 Å². The highest BCUT2D eigenvalue weighted by Crippen LogP contribution is 2.22. The van der Waals surface area contributed by atoms with Gasteiger partial charge in [-0.3, -0.25) is 14.0 Å². The molecular formula is C21H35IN4O2S. The lowest BCUT2D eigenvalue weighted by Gasteiger charge is -2.30. The molecule has 1 aliphatic rings. The van der Waals surface area contributed by atoms with Crippen LogP contribution < -0.4 is 16.0 Å². The molecule has 1 aromatic rings. The SMILES string of the molecule is CCNC(=NCCC(=O)NCc1ccccc1)NC1CCCC(S(=O)CC)C1.I. The molecule has 0 heterocycles. The van der Waals surface area contributed by atoms with Gasteiger partial charge in [0, 0.05) is 47.4 Å². The quantitative estimate of drug-likeness (QED) is 0.259. The molecule has 3 N–H and O–H groups in total. The van der Waals surface area contributed by atoms with E-state index in [1.165, 1.54) is 0 Å². The van der Waals surface area contributed by atoms with Crippen LogP contribution in [-0.2, 0) is 22.1 Å². The van der Waals surface area contributed by atoms with Crippen LogP contribution in [0, 0.1) is 0 Å². The Kier molecular flexibility index (Phi) is 13.2. The maximum atomic E-state index is 12.1. The molecule has 1 saturated carbocycles. The largest absolute Gasteiger partial charge is 0.357 e. The van der Waals surface area contributed by atoms with E-state index < -0.39 is 10.8 Å². The zero-order valence-corrected chi connectivity index (χ0v) is 20.6. The molecule has 1 aliphatic carbocycles. The van der Waals surface area contributed by atoms with Crippen molar-refractivity contribution < 1.29 is 9.00 Å². The summed E-state index contributed by atoms with van der Waals surface area (Å²) in [6.07, 6.45) is 4.49. The van der Waals surface area contributed by atoms with Gasteiger partial charge >= 0.3 is 0 Å². The highest BCUT2D eigenvalue weighted by atomic mass is 127. The van der Waals surface area contributed by atoms with E-state index in [4.69, 9.17) is 0 Å². The van der Waals surface area contributed by atoms with Gasteiger partial charge in [0.15, 0.2) is 5.96 Å². The van der Waals surface area contributed by atoms with Crippen molar-refractivity contribution in [2.45, 2.75) is 63.8 Å². The molecule has 0 spiro atoms. The summed E-state index contributed by atoms with van der Waals surface area (Å²) in [6.45, 7) is 5.76. The second kappa shape index (κ2) is 14.8. The lowest BCUT2D eigenvalue weighted by molar-refractivity contribution is -0.121. The van der Waals surface area contributed by atoms with Gasteiger partial charge < -0.3 is 16.0 Å². The van der Waals surface area contributed by atoms with Gasteiger partial charge in [0.25, 0.3) is 0 Å². The molecule has 29 heavy (non-hydrogen) atoms. The number of guanidine groups is 1. The van der Waals surface area contributed by atoms with E-state index in [-0.39, 0.29) is 35.1 Å². The Morgan fingerprint density at radius 3 is 2.62 bits per heavy atom. The number of halogens is 1. The first-order valence-corrected chi connectivity index (χ1v) is 11.7. The van der Waals surface area contributed by atoms with Gasteiger partial charge in [-0.2, -0.15) is 0 Å². The number of aliphatic imine (C=N–C) groups is 1. The van der Waals surface area contributed by atoms with E-state index in [2.05, 4.69) is 20.9 Å². The first kappa shape index (κ1) is 25.9. The van der Waals surface area contributed by atoms with Crippen LogP contribution in [-0.4, -0.2) is 46.2 Å². The van der Waals surface area contributed by atoms with E-state index in [0.29, 0.717) is 25.6 Å². The Morgan fingerprint density at radius 2 is 1.93 bits per heavy atom. The minimum absolute atomic E-state index is 0. The number of amides is 1. The van der Waals surface area contributed by atoms with Crippen molar-refractivity contribution in [3.8, 4) is 0 Å². The van der Waals surface area contributed by atoms with Crippen molar-refractivity contribution >= 4 is 46.6 Å². The van der Waals surface area contributed by atoms with Gasteiger partial charge in [-0.05, 0) is 31.7 Å². The van der Waals surface area contributed by atoms with E-state index in [9.17, 15) is 9.00 Å². The van der Waals surface area contributed by atoms with E-state index in [0.717, 1.165) is 49.5 Å². The predicted octanol–water partition coefficient (Wildman–Crippen LogP) is 2.95. The van der Waals surface area contributed by atoms with Crippen LogP contribution in [0.15, 0.2) is 35.3 Å². The van der Waals surface area contributed by atoms with Crippen molar-refractivity contribution in [2.75, 3.05) is 18.8 Å². The number of rotatable bonds is 9. The predicted molar refractivity (Wildman–Crippen MR) is 132 cm³/mol. The second-order valence-electron chi connectivity index (χ2n) is 7.07. The summed E-state index contributed by atoms with van der Waals surface area (Å²) in [4.78, 5) is 16.6. The topological polar surface area (TPSA) is 82.6 Å². The summed E-state index contributed by atoms with van der Waals surface area (Å²) in [5.41, 5.74) is 1.09. The van der Waals surface area contributed by atoms with Crippen molar-refractivity contribution in [3.63, 3.8) is 0 Å². The molecule has 6 nitrogen and oxygen atoms in total. The number of carbonyl (C=O) groups excluding carboxylic acids is 1. The number of carbonyl (C=O) groups is 1. The average Bonchev–Trinajstić information content (AvgIpc) is 2.72. The zero-order chi connectivity index (χ0) is 20.2. The van der Waals surface area contributed by atoms with E-state index in [1.54, 1.807) is 0 Å². The monoisotopic (exact) mass is 534 g/mol. The number of benzene rings is 1. The molecule has 3 atom stereocenters. The highest BCUT2D eigenvalue weighted by molar-refractivity contribution is 14.0. The minimum atomic E-state index is -0.736. The van der Waals surface area contributed by atoms with E-state index in [1.807, 2.05) is 44.2 Å². The van der Waals surface area contributed by atoms with Crippen LogP contribution in [0.4, 0.5) is 0 Å². The standard InChI is InChI=1S/C21H34N4O2S.HI/c1-3-22-21(25-18-11-8-12-19(15-18)28(27)4-2)23-14-13-20(26)24-16-17-9-6-5-7-10-17;/h5-7,9-10,18-19H,3-4,8,11-16H2,1-2H3,(H,24,26)(H2,22,23,25);1H. The lowest BCUT2D eigenvalue weighted by atomic mass is 9.95. The Hall–Kier alpha value is -1.16. The average molecular weight is 535 g/mol. The van der Waals surface area contributed by atoms with Crippen molar-refractivity contribution in [2.24, 2.45) is 4.99 Å². The van der Waals surface area contributed by atoms with Crippen molar-refractivity contribution in [3.05, 3.63) is 35.9 Å². The molecule has 0 bridgehead atoms. The molecule has 1 aromatic carbocycles. The second-order valence-corrected chi connectivity index (χ2v) is 9.08. The Morgan fingerprint density at radius 1 is 1.17 bits per heavy atom. The van der Waals surface area contributed by atoms with Crippen LogP contribution in [0.1, 0.15) is 51.5 Å². The summed E-state index contributed by atoms with van der Waals surface area (Å²) in [7, 11) is -0.736. The molecule has 2 rings (SSSR count). The first-order chi connectivity index (χ1) is 13.6. The minimum Gasteiger partial charge on any atom is -0.357 e. The molecule has 3 unspecified atom stereocenters. The maximum Gasteiger partial charge on any atom is 0.222 e. The third-order valence-electron chi connectivity index (χ3n) is 4.91. The van der Waals surface area contributed by atoms with Crippen molar-refractivity contribution in [1.29, 1.82) is 0 Å². The summed E-state index contributed by atoms with van der Waals surface area (Å²) in [5.74, 6) is 1.47. The van der Waals surface area contributed by atoms with Crippen LogP contribution in [0.3, 0.4) is 0 Å². The zero-order valence-electron chi connectivity index (χ0n) is 17.5. The third-order valence-corrected chi connectivity index (χ3v) is 6.65. The van der Waals surface area contributed by atoms with Crippen molar-refractivity contribution in [1.82, 2.24) is 16.0 Å². The summed E-state index contributed by atoms with van der Waals surface area (Å²) in [5, 5.41) is 9.93. The Bertz CT molecular complexity index is 657. The van der Waals surface area contributed by atoms with Gasteiger partial charge in [0.1, 0.15) is 0 Å². The van der Waals surface area contributed by atoms with Crippen LogP contribution in [0.2, 0.25) is 0 Å². The normalized spacial score (nSPS) is 20.3. The van der Waals surface area contributed by atoms with Gasteiger partial charge in [-0.15, -0.1) is 24.0 Å². The van der Waals surface area contributed by atoms with Crippen LogP contribution in [0.5, 0.6) is 0 Å². The maximum absolute atomic E-state index is 12.1. The van der Waals surface area contributed by atoms with Gasteiger partial charge in [0.05, 0.1) is 6.54 Å². The Balaban J connectivity index is 0.00000420. The molecule has 0 aromatic heterocycles. The molecule has 164 valence electrons. The fraction of sp³-hybridized carbons (Fsp3) is 0.619. The highest BCUT2D eigenvalue weighted by Gasteiger charge is 2.26. The molecule has 0 aliphatic heterocycles. The molecule has 1 fully saturated rings. The van der Waals surface area contributed by atoms with Crippen LogP contribution >= 0.6 is 24.0 Å².